The largest absolute Gasteiger partial charge is 0.371 e. The lowest BCUT2D eigenvalue weighted by molar-refractivity contribution is -0.118. The van der Waals surface area contributed by atoms with Crippen molar-refractivity contribution in [2.24, 2.45) is 5.92 Å². The van der Waals surface area contributed by atoms with Crippen molar-refractivity contribution in [3.63, 3.8) is 0 Å². The van der Waals surface area contributed by atoms with E-state index < -0.39 is 0 Å². The summed E-state index contributed by atoms with van der Waals surface area (Å²) in [5, 5.41) is 3.14. The van der Waals surface area contributed by atoms with E-state index in [1.165, 1.54) is 37.1 Å². The maximum atomic E-state index is 12.2. The molecule has 2 heterocycles. The molecule has 0 spiro atoms. The summed E-state index contributed by atoms with van der Waals surface area (Å²) in [5.74, 6) is 0.0980. The normalized spacial score (nSPS) is 18.3. The minimum Gasteiger partial charge on any atom is -0.371 e. The van der Waals surface area contributed by atoms with Gasteiger partial charge >= 0.3 is 0 Å². The Balaban J connectivity index is 1.88. The van der Waals surface area contributed by atoms with E-state index in [0.29, 0.717) is 0 Å². The molecule has 0 unspecified atom stereocenters. The number of anilines is 3. The minimum atomic E-state index is 0.00173. The molecule has 0 radical (unpaired) electrons. The maximum Gasteiger partial charge on any atom is 0.226 e. The highest BCUT2D eigenvalue weighted by atomic mass is 16.1. The van der Waals surface area contributed by atoms with Gasteiger partial charge in [0.15, 0.2) is 0 Å². The van der Waals surface area contributed by atoms with Gasteiger partial charge in [-0.2, -0.15) is 0 Å². The van der Waals surface area contributed by atoms with Crippen molar-refractivity contribution < 1.29 is 4.79 Å². The number of rotatable bonds is 4. The molecule has 2 saturated heterocycles. The Kier molecular flexibility index (Phi) is 4.55. The van der Waals surface area contributed by atoms with Gasteiger partial charge in [-0.05, 0) is 43.9 Å². The van der Waals surface area contributed by atoms with Gasteiger partial charge in [-0.1, -0.05) is 13.8 Å². The van der Waals surface area contributed by atoms with Crippen LogP contribution < -0.4 is 15.1 Å². The first-order valence-electron chi connectivity index (χ1n) is 8.60. The van der Waals surface area contributed by atoms with Crippen molar-refractivity contribution in [2.75, 3.05) is 41.3 Å². The Morgan fingerprint density at radius 1 is 1.00 bits per heavy atom. The highest BCUT2D eigenvalue weighted by molar-refractivity contribution is 5.96. The molecule has 1 N–H and O–H groups in total. The maximum absolute atomic E-state index is 12.2. The molecule has 0 aliphatic carbocycles. The van der Waals surface area contributed by atoms with Gasteiger partial charge < -0.3 is 15.1 Å². The van der Waals surface area contributed by atoms with Crippen molar-refractivity contribution in [3.05, 3.63) is 18.2 Å². The first-order valence-corrected chi connectivity index (χ1v) is 8.60. The molecule has 120 valence electrons. The van der Waals surface area contributed by atoms with Crippen molar-refractivity contribution in [1.29, 1.82) is 0 Å². The van der Waals surface area contributed by atoms with E-state index in [9.17, 15) is 4.79 Å². The Hall–Kier alpha value is -1.71. The Bertz CT molecular complexity index is 529. The zero-order valence-electron chi connectivity index (χ0n) is 13.8. The van der Waals surface area contributed by atoms with Crippen LogP contribution in [0.25, 0.3) is 0 Å². The van der Waals surface area contributed by atoms with E-state index >= 15 is 0 Å². The van der Waals surface area contributed by atoms with Crippen LogP contribution in [-0.4, -0.2) is 32.1 Å². The predicted molar refractivity (Wildman–Crippen MR) is 92.8 cm³/mol. The lowest BCUT2D eigenvalue weighted by atomic mass is 10.1. The average molecular weight is 301 g/mol. The summed E-state index contributed by atoms with van der Waals surface area (Å²) in [6.45, 7) is 8.31. The molecule has 4 nitrogen and oxygen atoms in total. The molecular formula is C18H27N3O. The van der Waals surface area contributed by atoms with E-state index in [0.717, 1.165) is 31.9 Å². The number of hydrogen-bond acceptors (Lipinski definition) is 3. The van der Waals surface area contributed by atoms with E-state index in [1.54, 1.807) is 0 Å². The molecule has 2 aliphatic heterocycles. The van der Waals surface area contributed by atoms with Crippen LogP contribution in [-0.2, 0) is 4.79 Å². The predicted octanol–water partition coefficient (Wildman–Crippen LogP) is 3.48. The quantitative estimate of drug-likeness (QED) is 0.925. The molecule has 1 aromatic rings. The topological polar surface area (TPSA) is 35.6 Å². The fraction of sp³-hybridized carbons (Fsp3) is 0.611. The molecule has 2 aliphatic rings. The van der Waals surface area contributed by atoms with Gasteiger partial charge in [0.25, 0.3) is 0 Å². The second kappa shape index (κ2) is 6.59. The molecule has 0 aromatic heterocycles. The standard InChI is InChI=1S/C18H27N3O/c1-14(2)18(22)19-16-13-15(20-9-3-4-10-20)7-8-17(16)21-11-5-6-12-21/h7-8,13-14H,3-6,9-12H2,1-2H3,(H,19,22). The SMILES string of the molecule is CC(C)C(=O)Nc1cc(N2CCCC2)ccc1N1CCCC1. The molecular weight excluding hydrogens is 274 g/mol. The molecule has 2 fully saturated rings. The first kappa shape index (κ1) is 15.2. The van der Waals surface area contributed by atoms with Gasteiger partial charge in [-0.15, -0.1) is 0 Å². The summed E-state index contributed by atoms with van der Waals surface area (Å²) in [7, 11) is 0. The van der Waals surface area contributed by atoms with Crippen LogP contribution in [0.1, 0.15) is 39.5 Å². The van der Waals surface area contributed by atoms with Gasteiger partial charge in [0, 0.05) is 37.8 Å². The third-order valence-corrected chi connectivity index (χ3v) is 4.68. The number of hydrogen-bond donors (Lipinski definition) is 1. The Labute approximate surface area is 133 Å². The first-order chi connectivity index (χ1) is 10.6. The molecule has 0 bridgehead atoms. The van der Waals surface area contributed by atoms with Crippen LogP contribution in [0.4, 0.5) is 17.1 Å². The van der Waals surface area contributed by atoms with Crippen LogP contribution in [0.5, 0.6) is 0 Å². The Morgan fingerprint density at radius 3 is 2.18 bits per heavy atom. The summed E-state index contributed by atoms with van der Waals surface area (Å²) in [5.41, 5.74) is 3.39. The van der Waals surface area contributed by atoms with Crippen molar-refractivity contribution in [2.45, 2.75) is 39.5 Å². The molecule has 1 aromatic carbocycles. The molecule has 0 atom stereocenters. The number of carbonyl (C=O) groups excluding carboxylic acids is 1. The molecule has 1 amide bonds. The number of amides is 1. The smallest absolute Gasteiger partial charge is 0.226 e. The molecule has 3 rings (SSSR count). The van der Waals surface area contributed by atoms with Crippen molar-refractivity contribution in [3.8, 4) is 0 Å². The second-order valence-electron chi connectivity index (χ2n) is 6.73. The van der Waals surface area contributed by atoms with E-state index in [-0.39, 0.29) is 11.8 Å². The van der Waals surface area contributed by atoms with Gasteiger partial charge in [-0.25, -0.2) is 0 Å². The molecule has 4 heteroatoms. The Morgan fingerprint density at radius 2 is 1.59 bits per heavy atom. The summed E-state index contributed by atoms with van der Waals surface area (Å²) in [6.07, 6.45) is 5.01. The lowest BCUT2D eigenvalue weighted by Crippen LogP contribution is -2.24. The van der Waals surface area contributed by atoms with Gasteiger partial charge in [0.05, 0.1) is 11.4 Å². The van der Waals surface area contributed by atoms with Crippen LogP contribution in [0.2, 0.25) is 0 Å². The van der Waals surface area contributed by atoms with Crippen LogP contribution in [0.3, 0.4) is 0 Å². The van der Waals surface area contributed by atoms with Crippen LogP contribution in [0.15, 0.2) is 18.2 Å². The lowest BCUT2D eigenvalue weighted by Gasteiger charge is -2.25. The number of benzene rings is 1. The zero-order valence-corrected chi connectivity index (χ0v) is 13.8. The fourth-order valence-electron chi connectivity index (χ4n) is 3.31. The van der Waals surface area contributed by atoms with Gasteiger partial charge in [0.1, 0.15) is 0 Å². The van der Waals surface area contributed by atoms with E-state index in [2.05, 4.69) is 33.3 Å². The minimum absolute atomic E-state index is 0.00173. The summed E-state index contributed by atoms with van der Waals surface area (Å²) in [6, 6.07) is 6.57. The summed E-state index contributed by atoms with van der Waals surface area (Å²) < 4.78 is 0. The third kappa shape index (κ3) is 3.21. The van der Waals surface area contributed by atoms with Gasteiger partial charge in [-0.3, -0.25) is 4.79 Å². The van der Waals surface area contributed by atoms with Crippen molar-refractivity contribution >= 4 is 23.0 Å². The third-order valence-electron chi connectivity index (χ3n) is 4.68. The van der Waals surface area contributed by atoms with Gasteiger partial charge in [0.2, 0.25) is 5.91 Å². The van der Waals surface area contributed by atoms with Crippen LogP contribution in [0, 0.1) is 5.92 Å². The number of nitrogens with one attached hydrogen (secondary N) is 1. The molecule has 0 saturated carbocycles. The highest BCUT2D eigenvalue weighted by Crippen LogP contribution is 2.34. The van der Waals surface area contributed by atoms with E-state index in [4.69, 9.17) is 0 Å². The van der Waals surface area contributed by atoms with Crippen molar-refractivity contribution in [1.82, 2.24) is 0 Å². The average Bonchev–Trinajstić information content (AvgIpc) is 3.20. The van der Waals surface area contributed by atoms with E-state index in [1.807, 2.05) is 13.8 Å². The fourth-order valence-corrected chi connectivity index (χ4v) is 3.31. The highest BCUT2D eigenvalue weighted by Gasteiger charge is 2.20. The number of carbonyl (C=O) groups is 1. The monoisotopic (exact) mass is 301 g/mol. The second-order valence-corrected chi connectivity index (χ2v) is 6.73. The summed E-state index contributed by atoms with van der Waals surface area (Å²) in [4.78, 5) is 17.0. The number of nitrogens with zero attached hydrogens (tertiary/aromatic N) is 2. The summed E-state index contributed by atoms with van der Waals surface area (Å²) >= 11 is 0. The zero-order chi connectivity index (χ0) is 15.5. The molecule has 22 heavy (non-hydrogen) atoms. The van der Waals surface area contributed by atoms with Crippen LogP contribution >= 0.6 is 0 Å².